The third kappa shape index (κ3) is 1.53. The van der Waals surface area contributed by atoms with E-state index in [0.29, 0.717) is 5.92 Å². The molecule has 2 aromatic rings. The summed E-state index contributed by atoms with van der Waals surface area (Å²) >= 11 is 2.18. The van der Waals surface area contributed by atoms with Gasteiger partial charge in [-0.05, 0) is 0 Å². The zero-order chi connectivity index (χ0) is 11.0. The van der Waals surface area contributed by atoms with Gasteiger partial charge in [0.15, 0.2) is 0 Å². The van der Waals surface area contributed by atoms with Gasteiger partial charge in [-0.3, -0.25) is 0 Å². The first kappa shape index (κ1) is 9.90. The first-order chi connectivity index (χ1) is 7.86. The number of hydrogen-bond acceptors (Lipinski definition) is 1. The minimum atomic E-state index is 0.345. The molecule has 0 saturated heterocycles. The third-order valence-corrected chi connectivity index (χ3v) is 3.13. The van der Waals surface area contributed by atoms with Gasteiger partial charge in [0.1, 0.15) is 0 Å². The van der Waals surface area contributed by atoms with Crippen LogP contribution in [0, 0.1) is 0 Å². The van der Waals surface area contributed by atoms with E-state index in [1.165, 1.54) is 15.4 Å². The van der Waals surface area contributed by atoms with Gasteiger partial charge in [0.05, 0.1) is 0 Å². The Morgan fingerprint density at radius 2 is 1.81 bits per heavy atom. The van der Waals surface area contributed by atoms with Crippen LogP contribution in [-0.2, 0) is 0 Å². The quantitative estimate of drug-likeness (QED) is 0.643. The van der Waals surface area contributed by atoms with Gasteiger partial charge in [0.2, 0.25) is 0 Å². The molecular weight excluding hydrogens is 189 g/mol. The van der Waals surface area contributed by atoms with Crippen molar-refractivity contribution in [2.45, 2.75) is 5.92 Å². The molecule has 0 fully saturated rings. The van der Waals surface area contributed by atoms with Gasteiger partial charge in [-0.1, -0.05) is 0 Å². The zero-order valence-corrected chi connectivity index (χ0v) is 9.22. The van der Waals surface area contributed by atoms with E-state index in [1.54, 1.807) is 0 Å². The first-order valence-electron chi connectivity index (χ1n) is 5.54. The van der Waals surface area contributed by atoms with Gasteiger partial charge >= 0.3 is 104 Å². The van der Waals surface area contributed by atoms with E-state index in [4.69, 9.17) is 0 Å². The maximum atomic E-state index is 4.47. The molecule has 1 nitrogen and oxygen atoms in total. The minimum absolute atomic E-state index is 0.345. The number of benzene rings is 1. The average molecular weight is 199 g/mol. The molecule has 1 aliphatic rings. The first-order valence-corrected chi connectivity index (χ1v) is 5.54. The summed E-state index contributed by atoms with van der Waals surface area (Å²) in [5, 5.41) is 0. The van der Waals surface area contributed by atoms with E-state index < -0.39 is 0 Å². The van der Waals surface area contributed by atoms with Gasteiger partial charge in [-0.25, -0.2) is 0 Å². The molecule has 72 valence electrons. The number of pyridine rings is 1. The molecule has 1 aromatic carbocycles. The molecule has 1 aromatic heterocycles. The van der Waals surface area contributed by atoms with E-state index in [0.717, 1.165) is 5.69 Å². The van der Waals surface area contributed by atoms with Gasteiger partial charge in [0, 0.05) is 0 Å². The van der Waals surface area contributed by atoms with Gasteiger partial charge in [0.25, 0.3) is 0 Å². The Bertz CT molecular complexity index is 546. The fourth-order valence-electron chi connectivity index (χ4n) is 2.42. The van der Waals surface area contributed by atoms with E-state index >= 15 is 0 Å². The maximum absolute atomic E-state index is 4.47. The Balaban J connectivity index is 2.14. The van der Waals surface area contributed by atoms with Crippen molar-refractivity contribution in [3.63, 3.8) is 0 Å². The molecule has 0 N–H and O–H groups in total. The van der Waals surface area contributed by atoms with Crippen molar-refractivity contribution >= 4 is 23.8 Å². The second-order valence-electron chi connectivity index (χ2n) is 4.20. The summed E-state index contributed by atoms with van der Waals surface area (Å²) < 4.78 is 1.37. The van der Waals surface area contributed by atoms with Crippen LogP contribution in [0.4, 0.5) is 0 Å². The molecule has 1 unspecified atom stereocenters. The van der Waals surface area contributed by atoms with Crippen LogP contribution in [0.3, 0.4) is 0 Å². The molecule has 0 bridgehead atoms. The van der Waals surface area contributed by atoms with Crippen LogP contribution in [-0.4, -0.2) is 22.7 Å². The van der Waals surface area contributed by atoms with Crippen LogP contribution in [0.25, 0.3) is 6.08 Å². The molecule has 1 aliphatic carbocycles. The van der Waals surface area contributed by atoms with Crippen LogP contribution < -0.4 is 0 Å². The van der Waals surface area contributed by atoms with Crippen molar-refractivity contribution in [2.75, 3.05) is 0 Å². The van der Waals surface area contributed by atoms with E-state index in [9.17, 15) is 0 Å². The van der Waals surface area contributed by atoms with Crippen LogP contribution in [0.2, 0.25) is 0 Å². The summed E-state index contributed by atoms with van der Waals surface area (Å²) in [5.41, 5.74) is 3.84. The van der Waals surface area contributed by atoms with Crippen LogP contribution in [0.5, 0.6) is 0 Å². The predicted octanol–water partition coefficient (Wildman–Crippen LogP) is 2.74. The molecular formula is C14H10LiN. The molecule has 2 heteroatoms. The van der Waals surface area contributed by atoms with Crippen LogP contribution in [0.15, 0.2) is 52.9 Å². The third-order valence-electron chi connectivity index (χ3n) is 3.13. The van der Waals surface area contributed by atoms with Crippen molar-refractivity contribution in [3.8, 4) is 0 Å². The van der Waals surface area contributed by atoms with Crippen molar-refractivity contribution in [1.82, 2.24) is 4.98 Å². The second kappa shape index (κ2) is 3.94. The van der Waals surface area contributed by atoms with E-state index in [1.807, 2.05) is 12.3 Å². The van der Waals surface area contributed by atoms with Crippen molar-refractivity contribution in [2.24, 2.45) is 0 Å². The topological polar surface area (TPSA) is 12.9 Å². The molecule has 0 saturated carbocycles. The molecule has 0 radical (unpaired) electrons. The SMILES string of the molecule is [Li][C]1=Cc2ccccc2C1c1ccccn1. The summed E-state index contributed by atoms with van der Waals surface area (Å²) in [6.07, 6.45) is 4.12. The van der Waals surface area contributed by atoms with E-state index in [2.05, 4.69) is 65.2 Å². The van der Waals surface area contributed by atoms with Crippen molar-refractivity contribution in [3.05, 3.63) is 69.7 Å². The Morgan fingerprint density at radius 1 is 1.00 bits per heavy atom. The standard InChI is InChI=1S/C14H10N.Li/c1-2-6-12-11(5-1)8-9-13(12)14-7-3-4-10-15-14;/h1-8,10,13H;. The fraction of sp³-hybridized carbons (Fsp3) is 0.0714. The van der Waals surface area contributed by atoms with E-state index in [-0.39, 0.29) is 0 Å². The molecule has 16 heavy (non-hydrogen) atoms. The van der Waals surface area contributed by atoms with Crippen molar-refractivity contribution < 1.29 is 0 Å². The predicted molar refractivity (Wildman–Crippen MR) is 66.3 cm³/mol. The summed E-state index contributed by atoms with van der Waals surface area (Å²) in [7, 11) is 0. The molecule has 0 spiro atoms. The second-order valence-corrected chi connectivity index (χ2v) is 4.20. The molecule has 3 rings (SSSR count). The molecule has 0 amide bonds. The number of rotatable bonds is 1. The Hall–Kier alpha value is -1.29. The Labute approximate surface area is 104 Å². The average Bonchev–Trinajstić information content (AvgIpc) is 2.66. The number of fused-ring (bicyclic) bond motifs is 1. The van der Waals surface area contributed by atoms with Crippen molar-refractivity contribution in [1.29, 1.82) is 0 Å². The molecule has 1 atom stereocenters. The normalized spacial score (nSPS) is 18.1. The molecule has 0 aliphatic heterocycles. The number of aromatic nitrogens is 1. The summed E-state index contributed by atoms with van der Waals surface area (Å²) in [5.74, 6) is 0.345. The Morgan fingerprint density at radius 3 is 2.62 bits per heavy atom. The fourth-order valence-corrected chi connectivity index (χ4v) is 2.42. The number of nitrogens with zero attached hydrogens (tertiary/aromatic N) is 1. The zero-order valence-electron chi connectivity index (χ0n) is 9.22. The monoisotopic (exact) mass is 199 g/mol. The summed E-state index contributed by atoms with van der Waals surface area (Å²) in [4.78, 5) is 4.47. The van der Waals surface area contributed by atoms with Gasteiger partial charge in [-0.2, -0.15) is 0 Å². The summed E-state index contributed by atoms with van der Waals surface area (Å²) in [6, 6.07) is 14.7. The number of allylic oxidation sites excluding steroid dienone is 1. The Kier molecular flexibility index (Phi) is 2.44. The van der Waals surface area contributed by atoms with Gasteiger partial charge in [-0.15, -0.1) is 0 Å². The van der Waals surface area contributed by atoms with Crippen LogP contribution in [0.1, 0.15) is 22.7 Å². The van der Waals surface area contributed by atoms with Crippen LogP contribution >= 0.6 is 0 Å². The summed E-state index contributed by atoms with van der Waals surface area (Å²) in [6.45, 7) is 0. The number of hydrogen-bond donors (Lipinski definition) is 0. The van der Waals surface area contributed by atoms with Gasteiger partial charge < -0.3 is 0 Å². The molecule has 1 heterocycles.